The summed E-state index contributed by atoms with van der Waals surface area (Å²) in [5.41, 5.74) is 7.35. The predicted molar refractivity (Wildman–Crippen MR) is 80.7 cm³/mol. The largest absolute Gasteiger partial charge is 0.465 e. The van der Waals surface area contributed by atoms with E-state index in [0.717, 1.165) is 41.3 Å². The highest BCUT2D eigenvalue weighted by molar-refractivity contribution is 7.22. The fourth-order valence-electron chi connectivity index (χ4n) is 2.44. The van der Waals surface area contributed by atoms with Gasteiger partial charge in [0.15, 0.2) is 5.13 Å². The zero-order valence-corrected chi connectivity index (χ0v) is 11.7. The van der Waals surface area contributed by atoms with Crippen molar-refractivity contribution in [3.05, 3.63) is 18.2 Å². The molecule has 0 aliphatic carbocycles. The van der Waals surface area contributed by atoms with Crippen molar-refractivity contribution in [1.29, 1.82) is 0 Å². The predicted octanol–water partition coefficient (Wildman–Crippen LogP) is 2.31. The highest BCUT2D eigenvalue weighted by Crippen LogP contribution is 2.31. The van der Waals surface area contributed by atoms with E-state index >= 15 is 0 Å². The Morgan fingerprint density at radius 3 is 3.15 bits per heavy atom. The lowest BCUT2D eigenvalue weighted by Gasteiger charge is -2.30. The maximum absolute atomic E-state index is 10.6. The molecule has 1 aromatic carbocycles. The number of rotatable bonds is 2. The van der Waals surface area contributed by atoms with Crippen LogP contribution in [0.3, 0.4) is 0 Å². The van der Waals surface area contributed by atoms with Crippen LogP contribution in [0.4, 0.5) is 15.6 Å². The summed E-state index contributed by atoms with van der Waals surface area (Å²) in [4.78, 5) is 17.4. The zero-order valence-electron chi connectivity index (χ0n) is 10.9. The first-order chi connectivity index (χ1) is 9.61. The Bertz CT molecular complexity index is 642. The van der Waals surface area contributed by atoms with Crippen LogP contribution in [0.15, 0.2) is 18.2 Å². The third-order valence-electron chi connectivity index (χ3n) is 3.36. The van der Waals surface area contributed by atoms with E-state index in [1.807, 2.05) is 6.07 Å². The number of amides is 1. The monoisotopic (exact) mass is 292 g/mol. The number of carbonyl (C=O) groups is 1. The zero-order chi connectivity index (χ0) is 14.1. The Balaban J connectivity index is 1.88. The van der Waals surface area contributed by atoms with Gasteiger partial charge in [0, 0.05) is 24.8 Å². The van der Waals surface area contributed by atoms with Gasteiger partial charge in [0.1, 0.15) is 0 Å². The number of thiazole rings is 1. The average Bonchev–Trinajstić information content (AvgIpc) is 2.81. The molecule has 6 nitrogen and oxygen atoms in total. The van der Waals surface area contributed by atoms with Crippen LogP contribution in [-0.2, 0) is 0 Å². The van der Waals surface area contributed by atoms with E-state index in [4.69, 9.17) is 10.8 Å². The Hall–Kier alpha value is -1.86. The fraction of sp³-hybridized carbons (Fsp3) is 0.385. The smallest absolute Gasteiger partial charge is 0.409 e. The summed E-state index contributed by atoms with van der Waals surface area (Å²) in [6.45, 7) is 1.81. The molecule has 1 aromatic heterocycles. The molecule has 4 N–H and O–H groups in total. The molecular weight excluding hydrogens is 276 g/mol. The Morgan fingerprint density at radius 1 is 1.55 bits per heavy atom. The van der Waals surface area contributed by atoms with Crippen LogP contribution in [0.2, 0.25) is 0 Å². The van der Waals surface area contributed by atoms with Crippen LogP contribution in [0.25, 0.3) is 10.2 Å². The first kappa shape index (κ1) is 13.1. The summed E-state index contributed by atoms with van der Waals surface area (Å²) < 4.78 is 1.05. The Kier molecular flexibility index (Phi) is 3.45. The number of nitrogens with zero attached hydrogens (tertiary/aromatic N) is 2. The summed E-state index contributed by atoms with van der Waals surface area (Å²) >= 11 is 1.62. The van der Waals surface area contributed by atoms with Crippen LogP contribution in [0.5, 0.6) is 0 Å². The lowest BCUT2D eigenvalue weighted by atomic mass is 10.1. The van der Waals surface area contributed by atoms with Gasteiger partial charge in [-0.25, -0.2) is 9.78 Å². The van der Waals surface area contributed by atoms with E-state index < -0.39 is 6.09 Å². The quantitative estimate of drug-likeness (QED) is 0.790. The molecule has 0 unspecified atom stereocenters. The number of hydrogen-bond donors (Lipinski definition) is 3. The molecule has 1 amide bonds. The van der Waals surface area contributed by atoms with Crippen LogP contribution in [-0.4, -0.2) is 35.3 Å². The van der Waals surface area contributed by atoms with Crippen LogP contribution in [0.1, 0.15) is 12.8 Å². The van der Waals surface area contributed by atoms with Gasteiger partial charge in [0.05, 0.1) is 10.2 Å². The summed E-state index contributed by atoms with van der Waals surface area (Å²) in [5, 5.41) is 12.0. The number of hydrogen-bond acceptors (Lipinski definition) is 5. The van der Waals surface area contributed by atoms with Gasteiger partial charge in [-0.1, -0.05) is 11.3 Å². The number of carboxylic acid groups (broad SMARTS) is 1. The first-order valence-corrected chi connectivity index (χ1v) is 7.34. The third kappa shape index (κ3) is 2.68. The van der Waals surface area contributed by atoms with Gasteiger partial charge in [-0.15, -0.1) is 0 Å². The van der Waals surface area contributed by atoms with Crippen molar-refractivity contribution in [3.63, 3.8) is 0 Å². The van der Waals surface area contributed by atoms with Gasteiger partial charge in [-0.2, -0.15) is 0 Å². The lowest BCUT2D eigenvalue weighted by Crippen LogP contribution is -2.42. The molecule has 2 heterocycles. The minimum absolute atomic E-state index is 0.208. The van der Waals surface area contributed by atoms with Crippen molar-refractivity contribution in [1.82, 2.24) is 4.98 Å². The summed E-state index contributed by atoms with van der Waals surface area (Å²) in [7, 11) is 0. The molecule has 0 spiro atoms. The summed E-state index contributed by atoms with van der Waals surface area (Å²) in [6.07, 6.45) is 1.08. The topological polar surface area (TPSA) is 91.5 Å². The molecular formula is C13H16N4O2S. The minimum Gasteiger partial charge on any atom is -0.465 e. The number of aromatic nitrogens is 1. The van der Waals surface area contributed by atoms with E-state index in [9.17, 15) is 4.79 Å². The van der Waals surface area contributed by atoms with Crippen LogP contribution in [0, 0.1) is 0 Å². The summed E-state index contributed by atoms with van der Waals surface area (Å²) in [5.74, 6) is 0. The third-order valence-corrected chi connectivity index (χ3v) is 4.45. The normalized spacial score (nSPS) is 19.2. The molecule has 0 radical (unpaired) electrons. The second-order valence-electron chi connectivity index (χ2n) is 4.96. The minimum atomic E-state index is -1.07. The van der Waals surface area contributed by atoms with Crippen LogP contribution < -0.4 is 16.0 Å². The molecule has 0 saturated carbocycles. The SMILES string of the molecule is N[C@@H]1CCCN(c2nc3cc(NC(=O)O)ccc3s2)C1. The maximum atomic E-state index is 10.6. The van der Waals surface area contributed by atoms with Gasteiger partial charge in [-0.05, 0) is 31.0 Å². The number of nitrogens with one attached hydrogen (secondary N) is 1. The number of benzene rings is 1. The average molecular weight is 292 g/mol. The van der Waals surface area contributed by atoms with Crippen molar-refractivity contribution >= 4 is 38.5 Å². The van der Waals surface area contributed by atoms with Crippen molar-refractivity contribution in [2.75, 3.05) is 23.3 Å². The van der Waals surface area contributed by atoms with E-state index in [-0.39, 0.29) is 6.04 Å². The van der Waals surface area contributed by atoms with E-state index in [0.29, 0.717) is 5.69 Å². The standard InChI is InChI=1S/C13H16N4O2S/c14-8-2-1-5-17(7-8)12-16-10-6-9(15-13(18)19)3-4-11(10)20-12/h3-4,6,8,15H,1-2,5,7,14H2,(H,18,19)/t8-/m1/s1. The Labute approximate surface area is 120 Å². The highest BCUT2D eigenvalue weighted by Gasteiger charge is 2.19. The molecule has 7 heteroatoms. The second kappa shape index (κ2) is 5.26. The molecule has 0 bridgehead atoms. The van der Waals surface area contributed by atoms with E-state index in [2.05, 4.69) is 15.2 Å². The number of anilines is 2. The molecule has 1 atom stereocenters. The van der Waals surface area contributed by atoms with Crippen molar-refractivity contribution < 1.29 is 9.90 Å². The van der Waals surface area contributed by atoms with Crippen molar-refractivity contribution in [3.8, 4) is 0 Å². The van der Waals surface area contributed by atoms with Crippen molar-refractivity contribution in [2.45, 2.75) is 18.9 Å². The molecule has 1 aliphatic heterocycles. The molecule has 1 aliphatic rings. The van der Waals surface area contributed by atoms with E-state index in [1.54, 1.807) is 23.5 Å². The lowest BCUT2D eigenvalue weighted by molar-refractivity contribution is 0.210. The number of nitrogens with two attached hydrogens (primary N) is 1. The van der Waals surface area contributed by atoms with Crippen molar-refractivity contribution in [2.24, 2.45) is 5.73 Å². The first-order valence-electron chi connectivity index (χ1n) is 6.53. The second-order valence-corrected chi connectivity index (χ2v) is 5.97. The van der Waals surface area contributed by atoms with Gasteiger partial charge >= 0.3 is 6.09 Å². The molecule has 106 valence electrons. The molecule has 1 fully saturated rings. The maximum Gasteiger partial charge on any atom is 0.409 e. The van der Waals surface area contributed by atoms with Gasteiger partial charge < -0.3 is 15.7 Å². The summed E-state index contributed by atoms with van der Waals surface area (Å²) in [6, 6.07) is 5.61. The number of piperidine rings is 1. The molecule has 3 rings (SSSR count). The van der Waals surface area contributed by atoms with Gasteiger partial charge in [-0.3, -0.25) is 5.32 Å². The highest BCUT2D eigenvalue weighted by atomic mass is 32.1. The van der Waals surface area contributed by atoms with Crippen LogP contribution >= 0.6 is 11.3 Å². The van der Waals surface area contributed by atoms with E-state index in [1.165, 1.54) is 0 Å². The number of fused-ring (bicyclic) bond motifs is 1. The fourth-order valence-corrected chi connectivity index (χ4v) is 3.42. The van der Waals surface area contributed by atoms with Gasteiger partial charge in [0.25, 0.3) is 0 Å². The van der Waals surface area contributed by atoms with Gasteiger partial charge in [0.2, 0.25) is 0 Å². The molecule has 1 saturated heterocycles. The molecule has 20 heavy (non-hydrogen) atoms. The Morgan fingerprint density at radius 2 is 2.40 bits per heavy atom. The molecule has 2 aromatic rings.